The van der Waals surface area contributed by atoms with Crippen molar-refractivity contribution in [2.45, 2.75) is 51.7 Å². The summed E-state index contributed by atoms with van der Waals surface area (Å²) in [6, 6.07) is -2.70. The van der Waals surface area contributed by atoms with E-state index in [-0.39, 0.29) is 6.42 Å². The molecule has 0 heterocycles. The fourth-order valence-corrected chi connectivity index (χ4v) is 1.19. The number of nitrogens with one attached hydrogen (secondary N) is 1. The molecule has 1 amide bonds. The number of halogens is 1. The standard InChI is InChI=1S/C11H21FN2O3/c1-11(2,3)17-10(16)14-8(9(12)15)6-4-5-7-13/h8H,4-7,13H2,1-3H3,(H,14,16)/t8-/m0/s1. The van der Waals surface area contributed by atoms with E-state index in [0.717, 1.165) is 0 Å². The zero-order valence-electron chi connectivity index (χ0n) is 10.6. The van der Waals surface area contributed by atoms with Crippen molar-refractivity contribution in [3.05, 3.63) is 0 Å². The van der Waals surface area contributed by atoms with Crippen LogP contribution in [-0.2, 0) is 9.53 Å². The van der Waals surface area contributed by atoms with Crippen LogP contribution >= 0.6 is 0 Å². The number of nitrogens with two attached hydrogens (primary N) is 1. The summed E-state index contributed by atoms with van der Waals surface area (Å²) >= 11 is 0. The number of unbranched alkanes of at least 4 members (excludes halogenated alkanes) is 1. The minimum Gasteiger partial charge on any atom is -0.444 e. The molecule has 0 aromatic heterocycles. The van der Waals surface area contributed by atoms with Crippen LogP contribution in [0.2, 0.25) is 0 Å². The molecule has 17 heavy (non-hydrogen) atoms. The summed E-state index contributed by atoms with van der Waals surface area (Å²) < 4.78 is 17.6. The second-order valence-corrected chi connectivity index (χ2v) is 4.79. The Kier molecular flexibility index (Phi) is 6.72. The number of carbonyl (C=O) groups is 2. The molecule has 0 aromatic carbocycles. The van der Waals surface area contributed by atoms with Gasteiger partial charge in [0.25, 0.3) is 0 Å². The van der Waals surface area contributed by atoms with Crippen LogP contribution in [0.4, 0.5) is 9.18 Å². The third-order valence-corrected chi connectivity index (χ3v) is 1.91. The van der Waals surface area contributed by atoms with Gasteiger partial charge < -0.3 is 15.8 Å². The molecule has 0 fully saturated rings. The van der Waals surface area contributed by atoms with Crippen molar-refractivity contribution in [1.82, 2.24) is 5.32 Å². The van der Waals surface area contributed by atoms with E-state index in [1.807, 2.05) is 0 Å². The van der Waals surface area contributed by atoms with Gasteiger partial charge in [-0.3, -0.25) is 4.79 Å². The van der Waals surface area contributed by atoms with Crippen LogP contribution in [0, 0.1) is 0 Å². The summed E-state index contributed by atoms with van der Waals surface area (Å²) in [6.45, 7) is 5.54. The van der Waals surface area contributed by atoms with Gasteiger partial charge in [0, 0.05) is 0 Å². The van der Waals surface area contributed by atoms with Crippen molar-refractivity contribution in [3.8, 4) is 0 Å². The van der Waals surface area contributed by atoms with E-state index >= 15 is 0 Å². The van der Waals surface area contributed by atoms with Gasteiger partial charge in [0.2, 0.25) is 0 Å². The SMILES string of the molecule is CC(C)(C)OC(=O)N[C@@H](CCCCN)C(=O)F. The fourth-order valence-electron chi connectivity index (χ4n) is 1.19. The van der Waals surface area contributed by atoms with Gasteiger partial charge in [-0.05, 0) is 46.6 Å². The largest absolute Gasteiger partial charge is 0.444 e. The Bertz CT molecular complexity index is 264. The first kappa shape index (κ1) is 15.8. The summed E-state index contributed by atoms with van der Waals surface area (Å²) in [5.41, 5.74) is 4.61. The summed E-state index contributed by atoms with van der Waals surface area (Å²) in [6.07, 6.45) is 0.694. The lowest BCUT2D eigenvalue weighted by Crippen LogP contribution is -2.42. The molecule has 0 bridgehead atoms. The molecule has 0 unspecified atom stereocenters. The van der Waals surface area contributed by atoms with Crippen LogP contribution in [0.25, 0.3) is 0 Å². The van der Waals surface area contributed by atoms with Gasteiger partial charge in [-0.25, -0.2) is 4.79 Å². The van der Waals surface area contributed by atoms with E-state index in [0.29, 0.717) is 19.4 Å². The molecule has 0 aliphatic carbocycles. The normalized spacial score (nSPS) is 13.0. The summed E-state index contributed by atoms with van der Waals surface area (Å²) in [4.78, 5) is 22.0. The highest BCUT2D eigenvalue weighted by molar-refractivity contribution is 5.80. The first-order chi connectivity index (χ1) is 7.76. The number of ether oxygens (including phenoxy) is 1. The molecule has 0 spiro atoms. The topological polar surface area (TPSA) is 81.4 Å². The molecule has 0 rings (SSSR count). The number of amides is 1. The van der Waals surface area contributed by atoms with Crippen molar-refractivity contribution in [3.63, 3.8) is 0 Å². The van der Waals surface area contributed by atoms with Crippen molar-refractivity contribution < 1.29 is 18.7 Å². The Hall–Kier alpha value is -1.17. The van der Waals surface area contributed by atoms with Gasteiger partial charge in [0.05, 0.1) is 0 Å². The lowest BCUT2D eigenvalue weighted by Gasteiger charge is -2.21. The Morgan fingerprint density at radius 1 is 1.35 bits per heavy atom. The van der Waals surface area contributed by atoms with Crippen molar-refractivity contribution in [2.24, 2.45) is 5.73 Å². The molecule has 0 saturated carbocycles. The van der Waals surface area contributed by atoms with Gasteiger partial charge in [-0.15, -0.1) is 0 Å². The molecule has 100 valence electrons. The van der Waals surface area contributed by atoms with E-state index in [4.69, 9.17) is 10.5 Å². The highest BCUT2D eigenvalue weighted by Crippen LogP contribution is 2.08. The maximum absolute atomic E-state index is 12.6. The monoisotopic (exact) mass is 248 g/mol. The average Bonchev–Trinajstić information content (AvgIpc) is 2.13. The quantitative estimate of drug-likeness (QED) is 0.551. The minimum atomic E-state index is -1.56. The van der Waals surface area contributed by atoms with Crippen LogP contribution in [0.3, 0.4) is 0 Å². The van der Waals surface area contributed by atoms with Gasteiger partial charge in [0.1, 0.15) is 11.6 Å². The maximum Gasteiger partial charge on any atom is 0.408 e. The van der Waals surface area contributed by atoms with Gasteiger partial charge in [0.15, 0.2) is 0 Å². The molecular formula is C11H21FN2O3. The van der Waals surface area contributed by atoms with Crippen molar-refractivity contribution in [1.29, 1.82) is 0 Å². The summed E-state index contributed by atoms with van der Waals surface area (Å²) in [5.74, 6) is 0. The van der Waals surface area contributed by atoms with Crippen molar-refractivity contribution >= 4 is 12.1 Å². The molecule has 0 aromatic rings. The number of carbonyl (C=O) groups excluding carboxylic acids is 2. The summed E-state index contributed by atoms with van der Waals surface area (Å²) in [5, 5.41) is 2.21. The number of hydrogen-bond donors (Lipinski definition) is 2. The third-order valence-electron chi connectivity index (χ3n) is 1.91. The van der Waals surface area contributed by atoms with E-state index in [1.165, 1.54) is 0 Å². The fraction of sp³-hybridized carbons (Fsp3) is 0.818. The second-order valence-electron chi connectivity index (χ2n) is 4.79. The lowest BCUT2D eigenvalue weighted by atomic mass is 10.1. The predicted octanol–water partition coefficient (Wildman–Crippen LogP) is 1.50. The smallest absolute Gasteiger partial charge is 0.408 e. The Balaban J connectivity index is 4.16. The van der Waals surface area contributed by atoms with E-state index in [9.17, 15) is 14.0 Å². The molecule has 5 nitrogen and oxygen atoms in total. The molecule has 6 heteroatoms. The van der Waals surface area contributed by atoms with E-state index < -0.39 is 23.8 Å². The molecular weight excluding hydrogens is 227 g/mol. The summed E-state index contributed by atoms with van der Waals surface area (Å²) in [7, 11) is 0. The van der Waals surface area contributed by atoms with Crippen LogP contribution in [0.5, 0.6) is 0 Å². The Morgan fingerprint density at radius 2 is 1.94 bits per heavy atom. The third kappa shape index (κ3) is 8.62. The zero-order chi connectivity index (χ0) is 13.5. The first-order valence-corrected chi connectivity index (χ1v) is 5.65. The molecule has 0 aliphatic rings. The van der Waals surface area contributed by atoms with Crippen LogP contribution in [-0.4, -0.2) is 30.3 Å². The van der Waals surface area contributed by atoms with Crippen molar-refractivity contribution in [2.75, 3.05) is 6.54 Å². The van der Waals surface area contributed by atoms with Gasteiger partial charge in [-0.1, -0.05) is 0 Å². The Labute approximate surface area is 101 Å². The molecule has 0 radical (unpaired) electrons. The molecule has 0 aliphatic heterocycles. The molecule has 3 N–H and O–H groups in total. The van der Waals surface area contributed by atoms with E-state index in [1.54, 1.807) is 20.8 Å². The zero-order valence-corrected chi connectivity index (χ0v) is 10.6. The Morgan fingerprint density at radius 3 is 2.35 bits per heavy atom. The highest BCUT2D eigenvalue weighted by Gasteiger charge is 2.23. The molecule has 1 atom stereocenters. The second kappa shape index (κ2) is 7.21. The number of hydrogen-bond acceptors (Lipinski definition) is 4. The number of rotatable bonds is 6. The highest BCUT2D eigenvalue weighted by atomic mass is 19.1. The predicted molar refractivity (Wildman–Crippen MR) is 62.2 cm³/mol. The average molecular weight is 248 g/mol. The minimum absolute atomic E-state index is 0.228. The van der Waals surface area contributed by atoms with E-state index in [2.05, 4.69) is 5.32 Å². The van der Waals surface area contributed by atoms with Crippen LogP contribution in [0.1, 0.15) is 40.0 Å². The van der Waals surface area contributed by atoms with Gasteiger partial charge >= 0.3 is 12.1 Å². The van der Waals surface area contributed by atoms with Crippen LogP contribution in [0.15, 0.2) is 0 Å². The molecule has 0 saturated heterocycles. The first-order valence-electron chi connectivity index (χ1n) is 5.65. The number of alkyl carbamates (subject to hydrolysis) is 1. The lowest BCUT2D eigenvalue weighted by molar-refractivity contribution is -0.131. The maximum atomic E-state index is 12.6. The van der Waals surface area contributed by atoms with Crippen LogP contribution < -0.4 is 11.1 Å². The van der Waals surface area contributed by atoms with Gasteiger partial charge in [-0.2, -0.15) is 4.39 Å².